The highest BCUT2D eigenvalue weighted by atomic mass is 19.1. The summed E-state index contributed by atoms with van der Waals surface area (Å²) in [5.74, 6) is 2.07. The number of aromatic hydroxyl groups is 1. The van der Waals surface area contributed by atoms with Crippen molar-refractivity contribution in [3.8, 4) is 35.4 Å². The van der Waals surface area contributed by atoms with E-state index in [4.69, 9.17) is 15.6 Å². The van der Waals surface area contributed by atoms with Gasteiger partial charge in [0, 0.05) is 29.6 Å². The Hall–Kier alpha value is -4.16. The molecule has 2 N–H and O–H groups in total. The number of aliphatic hydroxyl groups is 1. The van der Waals surface area contributed by atoms with Gasteiger partial charge in [-0.2, -0.15) is 9.97 Å². The zero-order chi connectivity index (χ0) is 25.6. The van der Waals surface area contributed by atoms with Gasteiger partial charge in [0.2, 0.25) is 0 Å². The molecule has 1 atom stereocenters. The van der Waals surface area contributed by atoms with Crippen molar-refractivity contribution in [3.05, 3.63) is 51.6 Å². The van der Waals surface area contributed by atoms with Gasteiger partial charge < -0.3 is 24.3 Å². The zero-order valence-electron chi connectivity index (χ0n) is 19.8. The number of aromatic nitrogens is 2. The number of hydrogen-bond donors (Lipinski definition) is 2. The summed E-state index contributed by atoms with van der Waals surface area (Å²) in [6, 6.07) is 5.61. The Bertz CT molecular complexity index is 1610. The molecular formula is C27H24FN3O5. The fourth-order valence-corrected chi connectivity index (χ4v) is 4.85. The maximum Gasteiger partial charge on any atom is 0.349 e. The fourth-order valence-electron chi connectivity index (χ4n) is 4.85. The second-order valence-corrected chi connectivity index (χ2v) is 8.85. The molecule has 0 radical (unpaired) electrons. The third-order valence-electron chi connectivity index (χ3n) is 6.53. The van der Waals surface area contributed by atoms with Crippen LogP contribution in [0.4, 0.5) is 10.2 Å². The summed E-state index contributed by atoms with van der Waals surface area (Å²) < 4.78 is 25.7. The van der Waals surface area contributed by atoms with E-state index in [9.17, 15) is 19.4 Å². The molecule has 0 spiro atoms. The van der Waals surface area contributed by atoms with Gasteiger partial charge in [0.25, 0.3) is 0 Å². The van der Waals surface area contributed by atoms with Gasteiger partial charge in [-0.3, -0.25) is 0 Å². The van der Waals surface area contributed by atoms with Crippen LogP contribution in [0.5, 0.6) is 11.8 Å². The molecule has 9 heteroatoms. The lowest BCUT2D eigenvalue weighted by Crippen LogP contribution is -2.32. The highest BCUT2D eigenvalue weighted by Crippen LogP contribution is 2.39. The summed E-state index contributed by atoms with van der Waals surface area (Å²) in [5.41, 5.74) is 0.289. The molecule has 0 amide bonds. The number of β-amino-alcohol motifs (C(OH)–C–C–N with tert-alkyl or cyclic N) is 1. The minimum absolute atomic E-state index is 0.0100. The van der Waals surface area contributed by atoms with Crippen molar-refractivity contribution >= 4 is 27.5 Å². The lowest BCUT2D eigenvalue weighted by atomic mass is 9.95. The number of phenolic OH excluding ortho intramolecular Hbond substituents is 1. The number of nitrogens with zero attached hydrogens (tertiary/aromatic N) is 3. The van der Waals surface area contributed by atoms with Crippen LogP contribution >= 0.6 is 0 Å². The van der Waals surface area contributed by atoms with Gasteiger partial charge in [-0.05, 0) is 49.8 Å². The largest absolute Gasteiger partial charge is 0.508 e. The predicted octanol–water partition coefficient (Wildman–Crippen LogP) is 3.90. The molecule has 3 heterocycles. The van der Waals surface area contributed by atoms with E-state index < -0.39 is 17.5 Å². The number of halogens is 1. The molecule has 1 fully saturated rings. The number of aryl methyl sites for hydroxylation is 1. The van der Waals surface area contributed by atoms with Gasteiger partial charge in [0.15, 0.2) is 5.82 Å². The van der Waals surface area contributed by atoms with Crippen LogP contribution < -0.4 is 15.3 Å². The number of hydrogen-bond acceptors (Lipinski definition) is 8. The van der Waals surface area contributed by atoms with Crippen molar-refractivity contribution in [2.24, 2.45) is 0 Å². The van der Waals surface area contributed by atoms with Crippen molar-refractivity contribution in [1.82, 2.24) is 9.97 Å². The quantitative estimate of drug-likeness (QED) is 0.417. The predicted molar refractivity (Wildman–Crippen MR) is 134 cm³/mol. The standard InChI is InChI=1S/C27H24FN3O5/c1-4-18-20(28)9-8-15-11-17(33)12-19(21(15)18)24-14(2)23-22(26(34)36-24)25(30-27(29-23)35-3)31-10-6-5-7-16(32)13-31/h1,8-9,11-12,16,32-33H,5-7,10,13H2,2-3H3. The van der Waals surface area contributed by atoms with Crippen LogP contribution in [0.3, 0.4) is 0 Å². The number of fused-ring (bicyclic) bond motifs is 2. The van der Waals surface area contributed by atoms with Crippen LogP contribution in [0, 0.1) is 25.1 Å². The van der Waals surface area contributed by atoms with E-state index in [0.717, 1.165) is 12.8 Å². The van der Waals surface area contributed by atoms with Crippen molar-refractivity contribution in [2.75, 3.05) is 25.1 Å². The Morgan fingerprint density at radius 1 is 1.25 bits per heavy atom. The first-order chi connectivity index (χ1) is 17.3. The summed E-state index contributed by atoms with van der Waals surface area (Å²) in [4.78, 5) is 24.2. The van der Waals surface area contributed by atoms with Crippen molar-refractivity contribution in [2.45, 2.75) is 32.3 Å². The Kier molecular flexibility index (Phi) is 5.98. The van der Waals surface area contributed by atoms with Gasteiger partial charge >= 0.3 is 11.6 Å². The van der Waals surface area contributed by atoms with Gasteiger partial charge in [0.1, 0.15) is 22.7 Å². The van der Waals surface area contributed by atoms with E-state index in [1.54, 1.807) is 6.92 Å². The first-order valence-corrected chi connectivity index (χ1v) is 11.6. The average molecular weight is 490 g/mol. The molecule has 1 aliphatic rings. The SMILES string of the molecule is C#Cc1c(F)ccc2cc(O)cc(-c3oc(=O)c4c(N5CCCCC(O)C5)nc(OC)nc4c3C)c12. The fraction of sp³-hybridized carbons (Fsp3) is 0.296. The molecule has 2 aromatic heterocycles. The summed E-state index contributed by atoms with van der Waals surface area (Å²) >= 11 is 0. The molecule has 4 aromatic rings. The van der Waals surface area contributed by atoms with Gasteiger partial charge in [-0.15, -0.1) is 6.42 Å². The van der Waals surface area contributed by atoms with Crippen molar-refractivity contribution in [1.29, 1.82) is 0 Å². The van der Waals surface area contributed by atoms with Gasteiger partial charge in [-0.25, -0.2) is 9.18 Å². The highest BCUT2D eigenvalue weighted by Gasteiger charge is 2.26. The van der Waals surface area contributed by atoms with Crippen molar-refractivity contribution < 1.29 is 23.8 Å². The molecule has 0 bridgehead atoms. The zero-order valence-corrected chi connectivity index (χ0v) is 19.8. The Morgan fingerprint density at radius 3 is 2.81 bits per heavy atom. The highest BCUT2D eigenvalue weighted by molar-refractivity contribution is 6.03. The first-order valence-electron chi connectivity index (χ1n) is 11.6. The number of aliphatic hydroxyl groups excluding tert-OH is 1. The molecule has 1 unspecified atom stereocenters. The molecule has 2 aromatic carbocycles. The van der Waals surface area contributed by atoms with Crippen LogP contribution in [-0.2, 0) is 0 Å². The maximum absolute atomic E-state index is 14.6. The minimum atomic E-state index is -0.711. The number of benzene rings is 2. The summed E-state index contributed by atoms with van der Waals surface area (Å²) in [6.45, 7) is 2.60. The van der Waals surface area contributed by atoms with E-state index in [1.165, 1.54) is 31.4 Å². The van der Waals surface area contributed by atoms with Crippen LogP contribution in [0.15, 0.2) is 33.5 Å². The normalized spacial score (nSPS) is 16.2. The molecule has 36 heavy (non-hydrogen) atoms. The minimum Gasteiger partial charge on any atom is -0.508 e. The van der Waals surface area contributed by atoms with Gasteiger partial charge in [0.05, 0.1) is 24.3 Å². The van der Waals surface area contributed by atoms with E-state index in [0.29, 0.717) is 41.7 Å². The number of phenols is 1. The summed E-state index contributed by atoms with van der Waals surface area (Å²) in [7, 11) is 1.43. The van der Waals surface area contributed by atoms with E-state index >= 15 is 0 Å². The summed E-state index contributed by atoms with van der Waals surface area (Å²) in [5, 5.41) is 21.7. The lowest BCUT2D eigenvalue weighted by Gasteiger charge is -2.24. The number of anilines is 1. The molecule has 1 aliphatic heterocycles. The van der Waals surface area contributed by atoms with Crippen LogP contribution in [-0.4, -0.2) is 46.5 Å². The monoisotopic (exact) mass is 489 g/mol. The number of methoxy groups -OCH3 is 1. The van der Waals surface area contributed by atoms with Crippen LogP contribution in [0.1, 0.15) is 30.4 Å². The molecule has 184 valence electrons. The molecule has 8 nitrogen and oxygen atoms in total. The Balaban J connectivity index is 1.84. The second kappa shape index (κ2) is 9.13. The first kappa shape index (κ1) is 23.6. The van der Waals surface area contributed by atoms with E-state index in [-0.39, 0.29) is 39.6 Å². The third-order valence-corrected chi connectivity index (χ3v) is 6.53. The molecular weight excluding hydrogens is 465 g/mol. The number of ether oxygens (including phenoxy) is 1. The smallest absolute Gasteiger partial charge is 0.349 e. The van der Waals surface area contributed by atoms with E-state index in [2.05, 4.69) is 15.9 Å². The Morgan fingerprint density at radius 2 is 2.06 bits per heavy atom. The van der Waals surface area contributed by atoms with E-state index in [1.807, 2.05) is 4.90 Å². The number of terminal acetylenes is 1. The maximum atomic E-state index is 14.6. The average Bonchev–Trinajstić information content (AvgIpc) is 3.09. The molecule has 1 saturated heterocycles. The molecule has 0 saturated carbocycles. The van der Waals surface area contributed by atoms with Crippen LogP contribution in [0.2, 0.25) is 0 Å². The second-order valence-electron chi connectivity index (χ2n) is 8.85. The van der Waals surface area contributed by atoms with Crippen LogP contribution in [0.25, 0.3) is 33.0 Å². The van der Waals surface area contributed by atoms with Crippen molar-refractivity contribution in [3.63, 3.8) is 0 Å². The van der Waals surface area contributed by atoms with Gasteiger partial charge in [-0.1, -0.05) is 12.0 Å². The third kappa shape index (κ3) is 3.89. The topological polar surface area (TPSA) is 109 Å². The molecule has 0 aliphatic carbocycles. The lowest BCUT2D eigenvalue weighted by molar-refractivity contribution is 0.174. The number of rotatable bonds is 3. The molecule has 5 rings (SSSR count). The summed E-state index contributed by atoms with van der Waals surface area (Å²) in [6.07, 6.45) is 7.39. The Labute approximate surface area is 206 Å².